The second-order valence-electron chi connectivity index (χ2n) is 6.69. The van der Waals surface area contributed by atoms with Gasteiger partial charge in [-0.2, -0.15) is 0 Å². The lowest BCUT2D eigenvalue weighted by Crippen LogP contribution is -2.17. The van der Waals surface area contributed by atoms with Crippen molar-refractivity contribution in [1.82, 2.24) is 4.98 Å². The van der Waals surface area contributed by atoms with Gasteiger partial charge >= 0.3 is 0 Å². The zero-order valence-corrected chi connectivity index (χ0v) is 14.4. The number of benzene rings is 2. The lowest BCUT2D eigenvalue weighted by atomic mass is 9.92. The monoisotopic (exact) mass is 333 g/mol. The highest BCUT2D eigenvalue weighted by atomic mass is 16.5. The van der Waals surface area contributed by atoms with Crippen LogP contribution in [0.4, 0.5) is 0 Å². The smallest absolute Gasteiger partial charge is 0.130 e. The summed E-state index contributed by atoms with van der Waals surface area (Å²) in [6.07, 6.45) is 3.48. The zero-order chi connectivity index (χ0) is 16.9. The van der Waals surface area contributed by atoms with Crippen LogP contribution in [0.2, 0.25) is 0 Å². The molecule has 128 valence electrons. The lowest BCUT2D eigenvalue weighted by Gasteiger charge is -2.22. The number of pyridine rings is 1. The summed E-state index contributed by atoms with van der Waals surface area (Å²) in [5, 5.41) is 1.16. The molecule has 25 heavy (non-hydrogen) atoms. The molecule has 1 aliphatic heterocycles. The van der Waals surface area contributed by atoms with Gasteiger partial charge in [0.15, 0.2) is 0 Å². The standard InChI is InChI=1S/C22H23NO2/c1-2-4-22-19(3-1)7-8-20(23-22)16-25-21-9-5-17(6-10-21)15-18-11-13-24-14-12-18/h1-10,18H,11-16H2. The lowest BCUT2D eigenvalue weighted by molar-refractivity contribution is 0.0665. The minimum absolute atomic E-state index is 0.490. The molecule has 0 unspecified atom stereocenters. The van der Waals surface area contributed by atoms with Gasteiger partial charge in [-0.15, -0.1) is 0 Å². The second-order valence-corrected chi connectivity index (χ2v) is 6.69. The fourth-order valence-corrected chi connectivity index (χ4v) is 3.35. The van der Waals surface area contributed by atoms with Crippen LogP contribution >= 0.6 is 0 Å². The molecule has 0 amide bonds. The first kappa shape index (κ1) is 16.1. The van der Waals surface area contributed by atoms with Crippen molar-refractivity contribution >= 4 is 10.9 Å². The molecule has 3 heteroatoms. The van der Waals surface area contributed by atoms with E-state index >= 15 is 0 Å². The molecule has 4 rings (SSSR count). The van der Waals surface area contributed by atoms with Crippen LogP contribution in [0.25, 0.3) is 10.9 Å². The molecule has 1 aromatic heterocycles. The molecule has 0 N–H and O–H groups in total. The van der Waals surface area contributed by atoms with Crippen LogP contribution in [0.15, 0.2) is 60.7 Å². The number of aromatic nitrogens is 1. The number of nitrogens with zero attached hydrogens (tertiary/aromatic N) is 1. The Morgan fingerprint density at radius 3 is 2.56 bits per heavy atom. The predicted molar refractivity (Wildman–Crippen MR) is 99.8 cm³/mol. The van der Waals surface area contributed by atoms with Gasteiger partial charge in [-0.25, -0.2) is 4.98 Å². The number of hydrogen-bond acceptors (Lipinski definition) is 3. The van der Waals surface area contributed by atoms with Crippen molar-refractivity contribution in [2.45, 2.75) is 25.9 Å². The summed E-state index contributed by atoms with van der Waals surface area (Å²) in [7, 11) is 0. The molecular weight excluding hydrogens is 310 g/mol. The van der Waals surface area contributed by atoms with E-state index in [4.69, 9.17) is 9.47 Å². The normalized spacial score (nSPS) is 15.4. The van der Waals surface area contributed by atoms with Crippen LogP contribution in [0, 0.1) is 5.92 Å². The van der Waals surface area contributed by atoms with Gasteiger partial charge in [-0.1, -0.05) is 36.4 Å². The molecule has 1 saturated heterocycles. The Bertz CT molecular complexity index is 823. The molecule has 0 atom stereocenters. The molecule has 2 aromatic carbocycles. The van der Waals surface area contributed by atoms with E-state index in [0.717, 1.165) is 47.9 Å². The van der Waals surface area contributed by atoms with E-state index in [9.17, 15) is 0 Å². The molecule has 3 aromatic rings. The minimum Gasteiger partial charge on any atom is -0.487 e. The number of fused-ring (bicyclic) bond motifs is 1. The Kier molecular flexibility index (Phi) is 4.93. The Morgan fingerprint density at radius 1 is 0.920 bits per heavy atom. The van der Waals surface area contributed by atoms with Gasteiger partial charge in [0.25, 0.3) is 0 Å². The zero-order valence-electron chi connectivity index (χ0n) is 14.4. The Morgan fingerprint density at radius 2 is 1.72 bits per heavy atom. The number of rotatable bonds is 5. The maximum atomic E-state index is 5.90. The third-order valence-electron chi connectivity index (χ3n) is 4.83. The molecule has 1 fully saturated rings. The molecule has 3 nitrogen and oxygen atoms in total. The third kappa shape index (κ3) is 4.18. The maximum absolute atomic E-state index is 5.90. The van der Waals surface area contributed by atoms with Crippen LogP contribution in [-0.2, 0) is 17.8 Å². The molecule has 0 radical (unpaired) electrons. The molecule has 0 bridgehead atoms. The fourth-order valence-electron chi connectivity index (χ4n) is 3.35. The summed E-state index contributed by atoms with van der Waals surface area (Å²) in [5.41, 5.74) is 3.34. The summed E-state index contributed by atoms with van der Waals surface area (Å²) in [5.74, 6) is 1.65. The van der Waals surface area contributed by atoms with Gasteiger partial charge < -0.3 is 9.47 Å². The summed E-state index contributed by atoms with van der Waals surface area (Å²) in [6, 6.07) is 20.8. The molecule has 0 spiro atoms. The summed E-state index contributed by atoms with van der Waals surface area (Å²) >= 11 is 0. The minimum atomic E-state index is 0.490. The first-order valence-corrected chi connectivity index (χ1v) is 9.01. The SMILES string of the molecule is c1ccc2nc(COc3ccc(CC4CCOCC4)cc3)ccc2c1. The van der Waals surface area contributed by atoms with Gasteiger partial charge in [-0.3, -0.25) is 0 Å². The third-order valence-corrected chi connectivity index (χ3v) is 4.83. The number of para-hydroxylation sites is 1. The molecule has 0 saturated carbocycles. The van der Waals surface area contributed by atoms with Gasteiger partial charge in [0.05, 0.1) is 11.2 Å². The largest absolute Gasteiger partial charge is 0.487 e. The van der Waals surface area contributed by atoms with Crippen LogP contribution < -0.4 is 4.74 Å². The van der Waals surface area contributed by atoms with Crippen molar-refractivity contribution in [3.63, 3.8) is 0 Å². The quantitative estimate of drug-likeness (QED) is 0.673. The van der Waals surface area contributed by atoms with Gasteiger partial charge in [0.2, 0.25) is 0 Å². The highest BCUT2D eigenvalue weighted by Crippen LogP contribution is 2.22. The van der Waals surface area contributed by atoms with Crippen molar-refractivity contribution in [2.75, 3.05) is 13.2 Å². The predicted octanol–water partition coefficient (Wildman–Crippen LogP) is 4.78. The Labute approximate surface area is 148 Å². The highest BCUT2D eigenvalue weighted by molar-refractivity contribution is 5.78. The van der Waals surface area contributed by atoms with E-state index < -0.39 is 0 Å². The van der Waals surface area contributed by atoms with E-state index in [1.54, 1.807) is 0 Å². The van der Waals surface area contributed by atoms with E-state index in [0.29, 0.717) is 6.61 Å². The van der Waals surface area contributed by atoms with Crippen LogP contribution in [0.3, 0.4) is 0 Å². The Hall–Kier alpha value is -2.39. The Balaban J connectivity index is 1.35. The molecular formula is C22H23NO2. The topological polar surface area (TPSA) is 31.4 Å². The molecule has 1 aliphatic rings. The maximum Gasteiger partial charge on any atom is 0.130 e. The van der Waals surface area contributed by atoms with Gasteiger partial charge in [0.1, 0.15) is 12.4 Å². The van der Waals surface area contributed by atoms with Crippen LogP contribution in [-0.4, -0.2) is 18.2 Å². The van der Waals surface area contributed by atoms with E-state index in [2.05, 4.69) is 41.4 Å². The number of hydrogen-bond donors (Lipinski definition) is 0. The van der Waals surface area contributed by atoms with Crippen molar-refractivity contribution in [1.29, 1.82) is 0 Å². The highest BCUT2D eigenvalue weighted by Gasteiger charge is 2.14. The summed E-state index contributed by atoms with van der Waals surface area (Å²) in [4.78, 5) is 4.65. The second kappa shape index (κ2) is 7.66. The fraction of sp³-hybridized carbons (Fsp3) is 0.318. The van der Waals surface area contributed by atoms with Crippen LogP contribution in [0.5, 0.6) is 5.75 Å². The van der Waals surface area contributed by atoms with Crippen molar-refractivity contribution in [3.8, 4) is 5.75 Å². The van der Waals surface area contributed by atoms with E-state index in [1.807, 2.05) is 24.3 Å². The number of ether oxygens (including phenoxy) is 2. The van der Waals surface area contributed by atoms with E-state index in [1.165, 1.54) is 18.4 Å². The van der Waals surface area contributed by atoms with Crippen molar-refractivity contribution < 1.29 is 9.47 Å². The first-order valence-electron chi connectivity index (χ1n) is 9.01. The van der Waals surface area contributed by atoms with Gasteiger partial charge in [-0.05, 0) is 55.0 Å². The molecule has 0 aliphatic carbocycles. The van der Waals surface area contributed by atoms with Crippen molar-refractivity contribution in [2.24, 2.45) is 5.92 Å². The summed E-state index contributed by atoms with van der Waals surface area (Å²) < 4.78 is 11.3. The van der Waals surface area contributed by atoms with Gasteiger partial charge in [0, 0.05) is 18.6 Å². The average molecular weight is 333 g/mol. The van der Waals surface area contributed by atoms with Crippen LogP contribution in [0.1, 0.15) is 24.1 Å². The summed E-state index contributed by atoms with van der Waals surface area (Å²) in [6.45, 7) is 2.30. The van der Waals surface area contributed by atoms with E-state index in [-0.39, 0.29) is 0 Å². The molecule has 2 heterocycles. The average Bonchev–Trinajstić information content (AvgIpc) is 2.68. The first-order chi connectivity index (χ1) is 12.4. The van der Waals surface area contributed by atoms with Crippen molar-refractivity contribution in [3.05, 3.63) is 71.9 Å².